The molecule has 0 unspecified atom stereocenters. The van der Waals surface area contributed by atoms with Crippen LogP contribution in [-0.2, 0) is 14.1 Å². The van der Waals surface area contributed by atoms with Crippen molar-refractivity contribution in [3.8, 4) is 0 Å². The van der Waals surface area contributed by atoms with Crippen molar-refractivity contribution in [3.63, 3.8) is 0 Å². The van der Waals surface area contributed by atoms with E-state index < -0.39 is 0 Å². The number of hydrogen-bond acceptors (Lipinski definition) is 6. The van der Waals surface area contributed by atoms with Crippen molar-refractivity contribution in [2.75, 3.05) is 31.4 Å². The molecule has 9 nitrogen and oxygen atoms in total. The van der Waals surface area contributed by atoms with Crippen LogP contribution in [0.3, 0.4) is 0 Å². The summed E-state index contributed by atoms with van der Waals surface area (Å²) in [6.45, 7) is 9.53. The van der Waals surface area contributed by atoms with Crippen molar-refractivity contribution in [2.45, 2.75) is 34.6 Å². The molecule has 2 heterocycles. The van der Waals surface area contributed by atoms with Gasteiger partial charge in [0.25, 0.3) is 0 Å². The Kier molecular flexibility index (Phi) is 7.66. The van der Waals surface area contributed by atoms with Crippen molar-refractivity contribution in [3.05, 3.63) is 43.5 Å². The first kappa shape index (κ1) is 23.1. The zero-order valence-electron chi connectivity index (χ0n) is 18.5. The van der Waals surface area contributed by atoms with Crippen LogP contribution in [0.1, 0.15) is 29.4 Å². The van der Waals surface area contributed by atoms with Gasteiger partial charge in [-0.2, -0.15) is 9.97 Å². The van der Waals surface area contributed by atoms with E-state index in [4.69, 9.17) is 0 Å². The fourth-order valence-corrected chi connectivity index (χ4v) is 2.41. The Bertz CT molecular complexity index is 1000. The van der Waals surface area contributed by atoms with Crippen LogP contribution in [0, 0.1) is 27.7 Å². The molecule has 9 heteroatoms. The Balaban J connectivity index is 0.000000283. The number of rotatable bonds is 2. The number of anilines is 2. The highest BCUT2D eigenvalue weighted by molar-refractivity contribution is 5.93. The van der Waals surface area contributed by atoms with Crippen LogP contribution in [0.4, 0.5) is 11.6 Å². The third-order valence-corrected chi connectivity index (χ3v) is 4.82. The molecule has 0 aliphatic carbocycles. The van der Waals surface area contributed by atoms with Gasteiger partial charge in [-0.1, -0.05) is 0 Å². The number of hydrogen-bond donors (Lipinski definition) is 1. The van der Waals surface area contributed by atoms with Crippen LogP contribution in [-0.4, -0.2) is 46.1 Å². The average Bonchev–Trinajstić information content (AvgIpc) is 2.65. The quantitative estimate of drug-likeness (QED) is 0.615. The minimum Gasteiger partial charge on any atom is -0.362 e. The minimum absolute atomic E-state index is 0.202. The van der Waals surface area contributed by atoms with Gasteiger partial charge in [-0.05, 0) is 34.6 Å². The summed E-state index contributed by atoms with van der Waals surface area (Å²) < 4.78 is 3.08. The Morgan fingerprint density at radius 2 is 1.39 bits per heavy atom. The van der Waals surface area contributed by atoms with Crippen molar-refractivity contribution in [2.24, 2.45) is 19.1 Å². The molecule has 0 aliphatic rings. The fourth-order valence-electron chi connectivity index (χ4n) is 2.41. The summed E-state index contributed by atoms with van der Waals surface area (Å²) in [6.07, 6.45) is 0. The Hall–Kier alpha value is -2.97. The smallest absolute Gasteiger partial charge is 0.349 e. The maximum atomic E-state index is 11.5. The second-order valence-corrected chi connectivity index (χ2v) is 6.83. The van der Waals surface area contributed by atoms with E-state index in [2.05, 4.69) is 20.3 Å². The summed E-state index contributed by atoms with van der Waals surface area (Å²) in [6, 6.07) is 0. The van der Waals surface area contributed by atoms with Gasteiger partial charge >= 0.3 is 11.4 Å². The van der Waals surface area contributed by atoms with Crippen molar-refractivity contribution in [1.29, 1.82) is 0 Å². The molecule has 0 atom stereocenters. The first-order valence-electron chi connectivity index (χ1n) is 8.88. The zero-order chi connectivity index (χ0) is 21.8. The van der Waals surface area contributed by atoms with Gasteiger partial charge in [0, 0.05) is 57.8 Å². The van der Waals surface area contributed by atoms with Crippen LogP contribution >= 0.6 is 0 Å². The molecule has 2 aromatic rings. The lowest BCUT2D eigenvalue weighted by atomic mass is 10.2. The number of aromatic nitrogens is 4. The van der Waals surface area contributed by atoms with Crippen molar-refractivity contribution < 1.29 is 0 Å². The predicted octanol–water partition coefficient (Wildman–Crippen LogP) is 1.32. The van der Waals surface area contributed by atoms with Crippen molar-refractivity contribution in [1.82, 2.24) is 19.1 Å². The molecule has 0 spiro atoms. The SMILES string of the molecule is CN=C(C)Nc1nc(=O)n(C)c(C)c1C.Cc1c(N(C)C)nc(=O)n(C)c1C. The second-order valence-electron chi connectivity index (χ2n) is 6.83. The molecular formula is C19H31N7O2. The van der Waals surface area contributed by atoms with Gasteiger partial charge in [-0.3, -0.25) is 14.1 Å². The van der Waals surface area contributed by atoms with Gasteiger partial charge in [0.2, 0.25) is 0 Å². The van der Waals surface area contributed by atoms with Crippen LogP contribution in [0.2, 0.25) is 0 Å². The predicted molar refractivity (Wildman–Crippen MR) is 115 cm³/mol. The monoisotopic (exact) mass is 389 g/mol. The lowest BCUT2D eigenvalue weighted by Gasteiger charge is -2.16. The summed E-state index contributed by atoms with van der Waals surface area (Å²) in [5, 5.41) is 2.99. The van der Waals surface area contributed by atoms with E-state index in [-0.39, 0.29) is 11.4 Å². The molecule has 0 amide bonds. The molecule has 0 bridgehead atoms. The van der Waals surface area contributed by atoms with Gasteiger partial charge in [0.1, 0.15) is 11.6 Å². The standard InChI is InChI=1S/C10H16N4O.C9H15N3O/c1-6-7(2)14(5)10(15)13-9(6)12-8(3)11-4;1-6-7(2)12(5)9(13)10-8(6)11(3)4/h1-5H3,(H,11,12,13,15);1-5H3. The fraction of sp³-hybridized carbons (Fsp3) is 0.526. The molecule has 0 aliphatic heterocycles. The van der Waals surface area contributed by atoms with E-state index in [1.165, 1.54) is 4.57 Å². The second kappa shape index (κ2) is 9.29. The van der Waals surface area contributed by atoms with Crippen molar-refractivity contribution >= 4 is 17.5 Å². The number of nitrogens with one attached hydrogen (secondary N) is 1. The molecule has 0 fully saturated rings. The maximum absolute atomic E-state index is 11.5. The number of aliphatic imine (C=N–C) groups is 1. The summed E-state index contributed by atoms with van der Waals surface area (Å²) >= 11 is 0. The van der Waals surface area contributed by atoms with E-state index in [1.54, 1.807) is 25.7 Å². The Morgan fingerprint density at radius 1 is 0.929 bits per heavy atom. The Labute approximate surface area is 165 Å². The molecule has 0 saturated carbocycles. The lowest BCUT2D eigenvalue weighted by molar-refractivity contribution is 0.759. The first-order valence-corrected chi connectivity index (χ1v) is 8.88. The summed E-state index contributed by atoms with van der Waals surface area (Å²) in [5.74, 6) is 2.07. The third kappa shape index (κ3) is 5.05. The van der Waals surface area contributed by atoms with E-state index in [0.29, 0.717) is 5.82 Å². The normalized spacial score (nSPS) is 11.0. The molecule has 0 saturated heterocycles. The number of amidine groups is 1. The maximum Gasteiger partial charge on any atom is 0.349 e. The van der Waals surface area contributed by atoms with Crippen LogP contribution in [0.25, 0.3) is 0 Å². The molecule has 1 N–H and O–H groups in total. The molecule has 2 aromatic heterocycles. The molecule has 0 radical (unpaired) electrons. The molecular weight excluding hydrogens is 358 g/mol. The van der Waals surface area contributed by atoms with E-state index in [9.17, 15) is 9.59 Å². The zero-order valence-corrected chi connectivity index (χ0v) is 18.5. The third-order valence-electron chi connectivity index (χ3n) is 4.82. The first-order chi connectivity index (χ1) is 12.9. The highest BCUT2D eigenvalue weighted by atomic mass is 16.1. The molecule has 28 heavy (non-hydrogen) atoms. The summed E-state index contributed by atoms with van der Waals surface area (Å²) in [5.41, 5.74) is 3.41. The highest BCUT2D eigenvalue weighted by Crippen LogP contribution is 2.14. The van der Waals surface area contributed by atoms with Gasteiger partial charge in [-0.15, -0.1) is 0 Å². The average molecular weight is 390 g/mol. The molecule has 0 aromatic carbocycles. The van der Waals surface area contributed by atoms with Crippen LogP contribution in [0.5, 0.6) is 0 Å². The van der Waals surface area contributed by atoms with Gasteiger partial charge in [0.05, 0.1) is 5.84 Å². The van der Waals surface area contributed by atoms with Gasteiger partial charge in [0.15, 0.2) is 0 Å². The van der Waals surface area contributed by atoms with Crippen LogP contribution in [0.15, 0.2) is 14.6 Å². The number of nitrogens with zero attached hydrogens (tertiary/aromatic N) is 6. The summed E-state index contributed by atoms with van der Waals surface area (Å²) in [7, 11) is 8.90. The minimum atomic E-state index is -0.260. The van der Waals surface area contributed by atoms with Gasteiger partial charge < -0.3 is 10.2 Å². The lowest BCUT2D eigenvalue weighted by Crippen LogP contribution is -2.27. The van der Waals surface area contributed by atoms with E-state index in [1.807, 2.05) is 53.6 Å². The highest BCUT2D eigenvalue weighted by Gasteiger charge is 2.09. The molecule has 2 rings (SSSR count). The summed E-state index contributed by atoms with van der Waals surface area (Å²) in [4.78, 5) is 36.5. The topological polar surface area (TPSA) is 97.4 Å². The largest absolute Gasteiger partial charge is 0.362 e. The van der Waals surface area contributed by atoms with Crippen LogP contribution < -0.4 is 21.6 Å². The molecule has 154 valence electrons. The van der Waals surface area contributed by atoms with Gasteiger partial charge in [-0.25, -0.2) is 9.59 Å². The van der Waals surface area contributed by atoms with E-state index >= 15 is 0 Å². The Morgan fingerprint density at radius 3 is 1.86 bits per heavy atom. The van der Waals surface area contributed by atoms with E-state index in [0.717, 1.165) is 34.2 Å².